The lowest BCUT2D eigenvalue weighted by atomic mass is 10.2. The van der Waals surface area contributed by atoms with Crippen LogP contribution >= 0.6 is 0 Å². The number of urea groups is 1. The second-order valence-corrected chi connectivity index (χ2v) is 3.96. The van der Waals surface area contributed by atoms with E-state index in [4.69, 9.17) is 9.47 Å². The van der Waals surface area contributed by atoms with Gasteiger partial charge in [0.1, 0.15) is 12.4 Å². The summed E-state index contributed by atoms with van der Waals surface area (Å²) in [6, 6.07) is 5.30. The first-order valence-electron chi connectivity index (χ1n) is 6.05. The van der Waals surface area contributed by atoms with Gasteiger partial charge in [0.15, 0.2) is 0 Å². The van der Waals surface area contributed by atoms with Gasteiger partial charge in [0.25, 0.3) is 0 Å². The number of hydrogen-bond donors (Lipinski definition) is 2. The molecule has 104 valence electrons. The van der Waals surface area contributed by atoms with Crippen LogP contribution in [-0.4, -0.2) is 32.9 Å². The summed E-state index contributed by atoms with van der Waals surface area (Å²) in [5.74, 6) is 0.630. The normalized spacial score (nSPS) is 9.79. The van der Waals surface area contributed by atoms with Crippen LogP contribution in [0.2, 0.25) is 0 Å². The topological polar surface area (TPSA) is 59.6 Å². The van der Waals surface area contributed by atoms with Gasteiger partial charge in [-0.2, -0.15) is 0 Å². The number of amides is 2. The lowest BCUT2D eigenvalue weighted by Crippen LogP contribution is -2.28. The third-order valence-electron chi connectivity index (χ3n) is 2.34. The molecule has 0 bridgehead atoms. The van der Waals surface area contributed by atoms with Gasteiger partial charge < -0.3 is 20.1 Å². The van der Waals surface area contributed by atoms with Crippen LogP contribution in [0.1, 0.15) is 5.56 Å². The predicted octanol–water partition coefficient (Wildman–Crippen LogP) is 2.33. The van der Waals surface area contributed by atoms with E-state index < -0.39 is 0 Å². The first-order valence-corrected chi connectivity index (χ1v) is 6.05. The van der Waals surface area contributed by atoms with Crippen LogP contribution in [0.25, 0.3) is 0 Å². The number of carbonyl (C=O) groups is 1. The van der Waals surface area contributed by atoms with Gasteiger partial charge in [0.2, 0.25) is 0 Å². The zero-order valence-corrected chi connectivity index (χ0v) is 11.4. The number of carbonyl (C=O) groups excluding carboxylic acids is 1. The minimum absolute atomic E-state index is 0.291. The first-order chi connectivity index (χ1) is 9.17. The van der Waals surface area contributed by atoms with Crippen molar-refractivity contribution in [2.24, 2.45) is 0 Å². The van der Waals surface area contributed by atoms with Crippen molar-refractivity contribution in [2.75, 3.05) is 32.2 Å². The fourth-order valence-electron chi connectivity index (χ4n) is 1.42. The van der Waals surface area contributed by atoms with E-state index in [1.54, 1.807) is 13.2 Å². The molecule has 1 rings (SSSR count). The molecule has 5 nitrogen and oxygen atoms in total. The standard InChI is InChI=1S/C14H20N2O3/c1-4-7-15-14(17)16-12-6-5-11(2)10-13(12)19-9-8-18-3/h4-6,10H,1,7-9H2,2-3H3,(H2,15,16,17). The highest BCUT2D eigenvalue weighted by Crippen LogP contribution is 2.25. The fourth-order valence-corrected chi connectivity index (χ4v) is 1.42. The van der Waals surface area contributed by atoms with Gasteiger partial charge in [-0.15, -0.1) is 6.58 Å². The number of nitrogens with one attached hydrogen (secondary N) is 2. The van der Waals surface area contributed by atoms with Gasteiger partial charge in [0.05, 0.1) is 12.3 Å². The largest absolute Gasteiger partial charge is 0.489 e. The summed E-state index contributed by atoms with van der Waals surface area (Å²) in [5.41, 5.74) is 1.69. The van der Waals surface area contributed by atoms with Crippen LogP contribution < -0.4 is 15.4 Å². The van der Waals surface area contributed by atoms with E-state index in [9.17, 15) is 4.79 Å². The number of hydrogen-bond acceptors (Lipinski definition) is 3. The zero-order chi connectivity index (χ0) is 14.1. The van der Waals surface area contributed by atoms with Gasteiger partial charge in [0, 0.05) is 13.7 Å². The number of methoxy groups -OCH3 is 1. The SMILES string of the molecule is C=CCNC(=O)Nc1ccc(C)cc1OCCOC. The van der Waals surface area contributed by atoms with Gasteiger partial charge in [-0.3, -0.25) is 0 Å². The van der Waals surface area contributed by atoms with E-state index in [0.29, 0.717) is 31.2 Å². The number of aryl methyl sites for hydroxylation is 1. The highest BCUT2D eigenvalue weighted by atomic mass is 16.5. The Balaban J connectivity index is 2.69. The molecule has 0 unspecified atom stereocenters. The lowest BCUT2D eigenvalue weighted by molar-refractivity contribution is 0.146. The van der Waals surface area contributed by atoms with Crippen molar-refractivity contribution in [3.63, 3.8) is 0 Å². The molecule has 1 aromatic carbocycles. The number of rotatable bonds is 7. The molecule has 0 fully saturated rings. The van der Waals surface area contributed by atoms with Crippen molar-refractivity contribution in [1.82, 2.24) is 5.32 Å². The van der Waals surface area contributed by atoms with Crippen molar-refractivity contribution in [1.29, 1.82) is 0 Å². The second kappa shape index (κ2) is 8.16. The average molecular weight is 264 g/mol. The van der Waals surface area contributed by atoms with Gasteiger partial charge >= 0.3 is 6.03 Å². The van der Waals surface area contributed by atoms with Gasteiger partial charge in [-0.1, -0.05) is 12.1 Å². The van der Waals surface area contributed by atoms with E-state index in [2.05, 4.69) is 17.2 Å². The summed E-state index contributed by atoms with van der Waals surface area (Å²) in [6.45, 7) is 6.84. The van der Waals surface area contributed by atoms with Crippen LogP contribution in [0.3, 0.4) is 0 Å². The Morgan fingerprint density at radius 1 is 1.42 bits per heavy atom. The lowest BCUT2D eigenvalue weighted by Gasteiger charge is -2.13. The zero-order valence-electron chi connectivity index (χ0n) is 11.4. The Morgan fingerprint density at radius 2 is 2.21 bits per heavy atom. The maximum Gasteiger partial charge on any atom is 0.319 e. The van der Waals surface area contributed by atoms with Crippen LogP contribution in [-0.2, 0) is 4.74 Å². The minimum atomic E-state index is -0.291. The molecule has 0 heterocycles. The molecule has 0 saturated heterocycles. The maximum absolute atomic E-state index is 11.6. The molecule has 2 N–H and O–H groups in total. The molecular weight excluding hydrogens is 244 g/mol. The smallest absolute Gasteiger partial charge is 0.319 e. The third kappa shape index (κ3) is 5.44. The molecule has 1 aromatic rings. The summed E-state index contributed by atoms with van der Waals surface area (Å²) in [4.78, 5) is 11.6. The molecule has 5 heteroatoms. The van der Waals surface area contributed by atoms with Crippen molar-refractivity contribution in [3.8, 4) is 5.75 Å². The maximum atomic E-state index is 11.6. The highest BCUT2D eigenvalue weighted by Gasteiger charge is 2.07. The van der Waals surface area contributed by atoms with Gasteiger partial charge in [-0.25, -0.2) is 4.79 Å². The molecule has 0 saturated carbocycles. The molecule has 0 radical (unpaired) electrons. The molecule has 0 aliphatic rings. The van der Waals surface area contributed by atoms with E-state index in [-0.39, 0.29) is 6.03 Å². The Morgan fingerprint density at radius 3 is 2.89 bits per heavy atom. The van der Waals surface area contributed by atoms with E-state index >= 15 is 0 Å². The molecule has 0 aliphatic heterocycles. The molecule has 0 spiro atoms. The molecule has 0 aromatic heterocycles. The average Bonchev–Trinajstić information content (AvgIpc) is 2.39. The van der Waals surface area contributed by atoms with Gasteiger partial charge in [-0.05, 0) is 24.6 Å². The summed E-state index contributed by atoms with van der Waals surface area (Å²) >= 11 is 0. The summed E-state index contributed by atoms with van der Waals surface area (Å²) in [5, 5.41) is 5.38. The van der Waals surface area contributed by atoms with Crippen LogP contribution in [0.5, 0.6) is 5.75 Å². The third-order valence-corrected chi connectivity index (χ3v) is 2.34. The number of ether oxygens (including phenoxy) is 2. The van der Waals surface area contributed by atoms with Crippen molar-refractivity contribution < 1.29 is 14.3 Å². The Hall–Kier alpha value is -2.01. The summed E-state index contributed by atoms with van der Waals surface area (Å²) < 4.78 is 10.5. The number of benzene rings is 1. The monoisotopic (exact) mass is 264 g/mol. The summed E-state index contributed by atoms with van der Waals surface area (Å²) in [7, 11) is 1.61. The minimum Gasteiger partial charge on any atom is -0.489 e. The highest BCUT2D eigenvalue weighted by molar-refractivity contribution is 5.91. The van der Waals surface area contributed by atoms with Crippen LogP contribution in [0.4, 0.5) is 10.5 Å². The van der Waals surface area contributed by atoms with E-state index in [1.807, 2.05) is 25.1 Å². The van der Waals surface area contributed by atoms with Crippen molar-refractivity contribution >= 4 is 11.7 Å². The summed E-state index contributed by atoms with van der Waals surface area (Å²) in [6.07, 6.45) is 1.62. The second-order valence-electron chi connectivity index (χ2n) is 3.96. The molecular formula is C14H20N2O3. The first kappa shape index (κ1) is 15.0. The van der Waals surface area contributed by atoms with E-state index in [0.717, 1.165) is 5.56 Å². The van der Waals surface area contributed by atoms with Crippen molar-refractivity contribution in [2.45, 2.75) is 6.92 Å². The van der Waals surface area contributed by atoms with Crippen LogP contribution in [0, 0.1) is 6.92 Å². The number of anilines is 1. The van der Waals surface area contributed by atoms with E-state index in [1.165, 1.54) is 0 Å². The Labute approximate surface area is 113 Å². The molecule has 0 aliphatic carbocycles. The predicted molar refractivity (Wildman–Crippen MR) is 75.8 cm³/mol. The van der Waals surface area contributed by atoms with Crippen LogP contribution in [0.15, 0.2) is 30.9 Å². The Kier molecular flexibility index (Phi) is 6.46. The fraction of sp³-hybridized carbons (Fsp3) is 0.357. The molecule has 2 amide bonds. The molecule has 19 heavy (non-hydrogen) atoms. The Bertz CT molecular complexity index is 433. The quantitative estimate of drug-likeness (QED) is 0.587. The molecule has 0 atom stereocenters. The van der Waals surface area contributed by atoms with Crippen molar-refractivity contribution in [3.05, 3.63) is 36.4 Å².